The number of carbonyl (C=O) groups is 2. The molecule has 2 aromatic rings. The average Bonchev–Trinajstić information content (AvgIpc) is 3.28. The monoisotopic (exact) mass is 524 g/mol. The van der Waals surface area contributed by atoms with Gasteiger partial charge in [0.15, 0.2) is 11.5 Å². The highest BCUT2D eigenvalue weighted by molar-refractivity contribution is 5.96. The van der Waals surface area contributed by atoms with Crippen LogP contribution in [-0.4, -0.2) is 67.5 Å². The molecular weight excluding hydrogens is 484 g/mol. The van der Waals surface area contributed by atoms with Crippen LogP contribution in [0.3, 0.4) is 0 Å². The molecule has 0 N–H and O–H groups in total. The number of methoxy groups -OCH3 is 3. The quantitative estimate of drug-likeness (QED) is 0.421. The molecule has 1 fully saturated rings. The summed E-state index contributed by atoms with van der Waals surface area (Å²) in [6.45, 7) is 10.2. The lowest BCUT2D eigenvalue weighted by Crippen LogP contribution is -2.60. The fraction of sp³-hybridized carbons (Fsp3) is 0.467. The molecule has 3 rings (SSSR count). The largest absolute Gasteiger partial charge is 0.493 e. The van der Waals surface area contributed by atoms with Crippen molar-refractivity contribution in [2.24, 2.45) is 0 Å². The zero-order chi connectivity index (χ0) is 28.1. The van der Waals surface area contributed by atoms with Gasteiger partial charge >= 0.3 is 6.09 Å². The number of benzene rings is 2. The van der Waals surface area contributed by atoms with Crippen molar-refractivity contribution in [3.63, 3.8) is 0 Å². The second-order valence-corrected chi connectivity index (χ2v) is 10.7. The van der Waals surface area contributed by atoms with Gasteiger partial charge in [-0.3, -0.25) is 9.69 Å². The molecule has 0 bridgehead atoms. The second kappa shape index (κ2) is 11.8. The highest BCUT2D eigenvalue weighted by Crippen LogP contribution is 2.40. The van der Waals surface area contributed by atoms with E-state index in [1.807, 2.05) is 71.0 Å². The van der Waals surface area contributed by atoms with Gasteiger partial charge in [0.1, 0.15) is 11.3 Å². The Bertz CT molecular complexity index is 1150. The first-order valence-electron chi connectivity index (χ1n) is 12.8. The van der Waals surface area contributed by atoms with Crippen LogP contribution in [0, 0.1) is 0 Å². The van der Waals surface area contributed by atoms with Gasteiger partial charge in [-0.2, -0.15) is 0 Å². The summed E-state index contributed by atoms with van der Waals surface area (Å²) in [5.41, 5.74) is 0.797. The lowest BCUT2D eigenvalue weighted by molar-refractivity contribution is -0.0280. The molecule has 0 saturated carbocycles. The van der Waals surface area contributed by atoms with Gasteiger partial charge in [0.05, 0.1) is 21.3 Å². The summed E-state index contributed by atoms with van der Waals surface area (Å²) in [4.78, 5) is 31.0. The average molecular weight is 525 g/mol. The number of hydrogen-bond acceptors (Lipinski definition) is 6. The Morgan fingerprint density at radius 1 is 1.03 bits per heavy atom. The zero-order valence-corrected chi connectivity index (χ0v) is 23.8. The Labute approximate surface area is 226 Å². The number of rotatable bonds is 8. The number of amides is 2. The predicted molar refractivity (Wildman–Crippen MR) is 148 cm³/mol. The molecule has 1 saturated heterocycles. The van der Waals surface area contributed by atoms with Crippen LogP contribution >= 0.6 is 0 Å². The van der Waals surface area contributed by atoms with E-state index in [-0.39, 0.29) is 5.91 Å². The van der Waals surface area contributed by atoms with Crippen molar-refractivity contribution in [2.75, 3.05) is 34.4 Å². The van der Waals surface area contributed by atoms with Crippen molar-refractivity contribution in [1.29, 1.82) is 0 Å². The first kappa shape index (κ1) is 28.9. The highest BCUT2D eigenvalue weighted by atomic mass is 16.6. The minimum Gasteiger partial charge on any atom is -0.493 e. The molecular formula is C30H40N2O6. The van der Waals surface area contributed by atoms with E-state index in [9.17, 15) is 9.59 Å². The van der Waals surface area contributed by atoms with Gasteiger partial charge in [0, 0.05) is 18.7 Å². The minimum absolute atomic E-state index is 0.261. The summed E-state index contributed by atoms with van der Waals surface area (Å²) >= 11 is 0. The Morgan fingerprint density at radius 2 is 1.63 bits per heavy atom. The van der Waals surface area contributed by atoms with Crippen molar-refractivity contribution in [3.8, 4) is 17.2 Å². The van der Waals surface area contributed by atoms with Crippen LogP contribution in [0.5, 0.6) is 17.2 Å². The van der Waals surface area contributed by atoms with E-state index in [0.29, 0.717) is 42.3 Å². The summed E-state index contributed by atoms with van der Waals surface area (Å²) < 4.78 is 22.2. The molecule has 0 radical (unpaired) electrons. The maximum atomic E-state index is 14.3. The molecule has 38 heavy (non-hydrogen) atoms. The van der Waals surface area contributed by atoms with Gasteiger partial charge < -0.3 is 23.8 Å². The van der Waals surface area contributed by atoms with Crippen LogP contribution in [0.15, 0.2) is 48.0 Å². The van der Waals surface area contributed by atoms with Gasteiger partial charge in [-0.1, -0.05) is 42.0 Å². The summed E-state index contributed by atoms with van der Waals surface area (Å²) in [6, 6.07) is 13.2. The van der Waals surface area contributed by atoms with Crippen molar-refractivity contribution < 1.29 is 28.5 Å². The van der Waals surface area contributed by atoms with E-state index >= 15 is 0 Å². The van der Waals surface area contributed by atoms with E-state index < -0.39 is 17.4 Å². The summed E-state index contributed by atoms with van der Waals surface area (Å²) in [5.74, 6) is 0.906. The van der Waals surface area contributed by atoms with Crippen molar-refractivity contribution in [2.45, 2.75) is 58.7 Å². The van der Waals surface area contributed by atoms with Gasteiger partial charge in [0.2, 0.25) is 5.75 Å². The number of nitrogens with zero attached hydrogens (tertiary/aromatic N) is 2. The maximum absolute atomic E-state index is 14.3. The maximum Gasteiger partial charge on any atom is 0.412 e. The lowest BCUT2D eigenvalue weighted by Gasteiger charge is -2.45. The molecule has 0 aromatic heterocycles. The number of likely N-dealkylation sites (tertiary alicyclic amines) is 1. The third kappa shape index (κ3) is 6.41. The standard InChI is InChI=1S/C30H40N2O6/c1-21(17-22-13-10-9-11-14-22)20-32(30(5)15-12-16-31(30)28(34)38-29(2,3)4)27(33)23-18-24(35-6)26(37-8)25(19-23)36-7/h9-11,13-14,17-19H,12,15-16,20H2,1-8H3. The number of ether oxygens (including phenoxy) is 4. The third-order valence-electron chi connectivity index (χ3n) is 6.59. The Balaban J connectivity index is 2.09. The van der Waals surface area contributed by atoms with E-state index in [1.54, 1.807) is 21.9 Å². The summed E-state index contributed by atoms with van der Waals surface area (Å²) in [5, 5.41) is 0. The smallest absolute Gasteiger partial charge is 0.412 e. The van der Waals surface area contributed by atoms with Crippen LogP contribution in [-0.2, 0) is 4.74 Å². The lowest BCUT2D eigenvalue weighted by atomic mass is 10.0. The van der Waals surface area contributed by atoms with E-state index in [2.05, 4.69) is 0 Å². The number of carbonyl (C=O) groups excluding carboxylic acids is 2. The van der Waals surface area contributed by atoms with Crippen molar-refractivity contribution in [1.82, 2.24) is 9.80 Å². The molecule has 0 spiro atoms. The van der Waals surface area contributed by atoms with Crippen LogP contribution in [0.1, 0.15) is 63.4 Å². The molecule has 8 nitrogen and oxygen atoms in total. The fourth-order valence-electron chi connectivity index (χ4n) is 4.78. The predicted octanol–water partition coefficient (Wildman–Crippen LogP) is 6.01. The van der Waals surface area contributed by atoms with E-state index in [4.69, 9.17) is 18.9 Å². The number of hydrogen-bond donors (Lipinski definition) is 0. The molecule has 2 aromatic carbocycles. The van der Waals surface area contributed by atoms with Crippen LogP contribution < -0.4 is 14.2 Å². The van der Waals surface area contributed by atoms with E-state index in [1.165, 1.54) is 21.3 Å². The Kier molecular flexibility index (Phi) is 8.97. The first-order chi connectivity index (χ1) is 17.9. The SMILES string of the molecule is COc1cc(C(=O)N(CC(C)=Cc2ccccc2)C2(C)CCCN2C(=O)OC(C)(C)C)cc(OC)c1OC. The molecule has 1 aliphatic heterocycles. The summed E-state index contributed by atoms with van der Waals surface area (Å²) in [6.07, 6.45) is 2.97. The van der Waals surface area contributed by atoms with Gasteiger partial charge in [-0.25, -0.2) is 4.79 Å². The minimum atomic E-state index is -0.911. The molecule has 8 heteroatoms. The third-order valence-corrected chi connectivity index (χ3v) is 6.59. The zero-order valence-electron chi connectivity index (χ0n) is 23.8. The molecule has 1 unspecified atom stereocenters. The van der Waals surface area contributed by atoms with Crippen molar-refractivity contribution >= 4 is 18.1 Å². The molecule has 1 atom stereocenters. The van der Waals surface area contributed by atoms with Gasteiger partial charge in [0.25, 0.3) is 5.91 Å². The van der Waals surface area contributed by atoms with Gasteiger partial charge in [-0.15, -0.1) is 0 Å². The molecule has 2 amide bonds. The normalized spacial score (nSPS) is 17.7. The molecule has 206 valence electrons. The molecule has 1 aliphatic rings. The topological polar surface area (TPSA) is 77.5 Å². The Morgan fingerprint density at radius 3 is 2.16 bits per heavy atom. The van der Waals surface area contributed by atoms with Gasteiger partial charge in [-0.05, 0) is 65.2 Å². The van der Waals surface area contributed by atoms with Crippen LogP contribution in [0.2, 0.25) is 0 Å². The molecule has 1 heterocycles. The first-order valence-corrected chi connectivity index (χ1v) is 12.8. The Hall–Kier alpha value is -3.68. The van der Waals surface area contributed by atoms with E-state index in [0.717, 1.165) is 17.6 Å². The van der Waals surface area contributed by atoms with Crippen molar-refractivity contribution in [3.05, 3.63) is 59.2 Å². The van der Waals surface area contributed by atoms with Crippen LogP contribution in [0.25, 0.3) is 6.08 Å². The second-order valence-electron chi connectivity index (χ2n) is 10.7. The van der Waals surface area contributed by atoms with Crippen LogP contribution in [0.4, 0.5) is 4.79 Å². The fourth-order valence-corrected chi connectivity index (χ4v) is 4.78. The highest BCUT2D eigenvalue weighted by Gasteiger charge is 2.48. The summed E-state index contributed by atoms with van der Waals surface area (Å²) in [7, 11) is 4.54. The molecule has 0 aliphatic carbocycles.